The average Bonchev–Trinajstić information content (AvgIpc) is 3.20. The van der Waals surface area contributed by atoms with E-state index < -0.39 is 43.8 Å². The number of hydrogen-bond acceptors (Lipinski definition) is 7. The zero-order valence-electron chi connectivity index (χ0n) is 29.7. The Morgan fingerprint density at radius 2 is 1.37 bits per heavy atom. The van der Waals surface area contributed by atoms with Gasteiger partial charge in [-0.25, -0.2) is 8.42 Å². The van der Waals surface area contributed by atoms with Gasteiger partial charge in [0, 0.05) is 48.2 Å². The van der Waals surface area contributed by atoms with Crippen molar-refractivity contribution >= 4 is 31.6 Å². The Hall–Kier alpha value is -4.75. The molecule has 1 aliphatic rings. The summed E-state index contributed by atoms with van der Waals surface area (Å²) in [5.41, 5.74) is 2.59. The van der Waals surface area contributed by atoms with Crippen LogP contribution >= 0.6 is 15.9 Å². The Bertz CT molecular complexity index is 2070. The molecule has 1 saturated heterocycles. The first-order valence-electron chi connectivity index (χ1n) is 17.6. The molecule has 6 rings (SSSR count). The molecule has 11 heteroatoms. The summed E-state index contributed by atoms with van der Waals surface area (Å²) in [6.07, 6.45) is 1.78. The fraction of sp³-hybridized carbons (Fsp3) is 0.209. The molecular weight excluding hydrogens is 766 g/mol. The molecule has 278 valence electrons. The number of halogens is 1. The number of para-hydroxylation sites is 1. The fourth-order valence-electron chi connectivity index (χ4n) is 7.48. The van der Waals surface area contributed by atoms with Crippen LogP contribution in [0.25, 0.3) is 0 Å². The second-order valence-corrected chi connectivity index (χ2v) is 16.0. The van der Waals surface area contributed by atoms with E-state index in [2.05, 4.69) is 70.4 Å². The van der Waals surface area contributed by atoms with E-state index >= 15 is 0 Å². The van der Waals surface area contributed by atoms with Gasteiger partial charge >= 0.3 is 0 Å². The SMILES string of the molecule is C=CCN1[C@H](COC(c2ccccc2)(c2ccccc2)c2ccccc2)[C@@H](c2ccc(Br)cc2)[C@H]1CN(CC(=C)CO)S(=O)(=O)c1ccccc1[N+](=O)[O-]. The van der Waals surface area contributed by atoms with Crippen molar-refractivity contribution in [2.24, 2.45) is 0 Å². The highest BCUT2D eigenvalue weighted by Gasteiger charge is 2.51. The highest BCUT2D eigenvalue weighted by Crippen LogP contribution is 2.46. The van der Waals surface area contributed by atoms with Crippen LogP contribution in [0.5, 0.6) is 0 Å². The lowest BCUT2D eigenvalue weighted by Crippen LogP contribution is -2.67. The number of ether oxygens (including phenoxy) is 1. The van der Waals surface area contributed by atoms with Gasteiger partial charge in [-0.1, -0.05) is 144 Å². The van der Waals surface area contributed by atoms with Crippen LogP contribution in [0.15, 0.2) is 174 Å². The molecule has 0 unspecified atom stereocenters. The van der Waals surface area contributed by atoms with Crippen molar-refractivity contribution in [2.45, 2.75) is 28.5 Å². The Balaban J connectivity index is 1.44. The van der Waals surface area contributed by atoms with Gasteiger partial charge in [-0.3, -0.25) is 15.0 Å². The van der Waals surface area contributed by atoms with E-state index in [4.69, 9.17) is 4.74 Å². The van der Waals surface area contributed by atoms with E-state index in [1.165, 1.54) is 28.6 Å². The molecule has 0 bridgehead atoms. The summed E-state index contributed by atoms with van der Waals surface area (Å²) >= 11 is 3.56. The molecule has 0 amide bonds. The van der Waals surface area contributed by atoms with Crippen LogP contribution in [0.1, 0.15) is 28.2 Å². The minimum Gasteiger partial charge on any atom is -0.392 e. The van der Waals surface area contributed by atoms with Crippen LogP contribution in [0.2, 0.25) is 0 Å². The molecule has 0 aromatic heterocycles. The topological polar surface area (TPSA) is 113 Å². The van der Waals surface area contributed by atoms with Crippen molar-refractivity contribution in [1.82, 2.24) is 9.21 Å². The van der Waals surface area contributed by atoms with Crippen LogP contribution in [0.3, 0.4) is 0 Å². The number of hydrogen-bond donors (Lipinski definition) is 1. The Morgan fingerprint density at radius 1 is 0.852 bits per heavy atom. The molecule has 1 heterocycles. The van der Waals surface area contributed by atoms with Crippen molar-refractivity contribution in [3.05, 3.63) is 201 Å². The van der Waals surface area contributed by atoms with E-state index in [1.807, 2.05) is 78.9 Å². The molecule has 1 fully saturated rings. The third-order valence-electron chi connectivity index (χ3n) is 9.98. The number of sulfonamides is 1. The van der Waals surface area contributed by atoms with Crippen molar-refractivity contribution in [2.75, 3.05) is 32.8 Å². The molecule has 0 radical (unpaired) electrons. The first-order chi connectivity index (χ1) is 26.1. The molecular formula is C43H42BrN3O6S. The van der Waals surface area contributed by atoms with E-state index in [1.54, 1.807) is 6.08 Å². The largest absolute Gasteiger partial charge is 0.392 e. The van der Waals surface area contributed by atoms with Gasteiger partial charge < -0.3 is 9.84 Å². The second kappa shape index (κ2) is 17.2. The quantitative estimate of drug-likeness (QED) is 0.0440. The summed E-state index contributed by atoms with van der Waals surface area (Å²) in [6, 6.07) is 43.0. The molecule has 54 heavy (non-hydrogen) atoms. The van der Waals surface area contributed by atoms with Gasteiger partial charge in [0.05, 0.1) is 18.1 Å². The van der Waals surface area contributed by atoms with Crippen LogP contribution < -0.4 is 0 Å². The van der Waals surface area contributed by atoms with Gasteiger partial charge in [-0.15, -0.1) is 6.58 Å². The van der Waals surface area contributed by atoms with Crippen molar-refractivity contribution in [1.29, 1.82) is 0 Å². The number of nitro benzene ring substituents is 1. The lowest BCUT2D eigenvalue weighted by Gasteiger charge is -2.57. The predicted octanol–water partition coefficient (Wildman–Crippen LogP) is 7.93. The van der Waals surface area contributed by atoms with Gasteiger partial charge in [0.1, 0.15) is 5.60 Å². The Morgan fingerprint density at radius 3 is 1.87 bits per heavy atom. The Kier molecular flexibility index (Phi) is 12.4. The standard InChI is InChI=1S/C43H42BrN3O6S/c1-3-27-46-39(29-45(28-32(2)30-48)54(51,52)41-22-14-13-21-38(41)47(49)50)42(33-23-25-37(44)26-24-33)40(46)31-53-43(34-15-7-4-8-16-34,35-17-9-5-10-18-35)36-19-11-6-12-20-36/h3-26,39-40,42,48H,1-2,27-31H2/t39-,40-,42+/m1/s1. The molecule has 1 aliphatic heterocycles. The third-order valence-corrected chi connectivity index (χ3v) is 12.4. The van der Waals surface area contributed by atoms with Crippen molar-refractivity contribution in [3.63, 3.8) is 0 Å². The minimum atomic E-state index is -4.44. The summed E-state index contributed by atoms with van der Waals surface area (Å²) < 4.78 is 38.2. The molecule has 5 aromatic rings. The minimum absolute atomic E-state index is 0.0420. The molecule has 3 atom stereocenters. The van der Waals surface area contributed by atoms with Crippen LogP contribution in [-0.2, 0) is 20.4 Å². The predicted molar refractivity (Wildman–Crippen MR) is 215 cm³/mol. The molecule has 0 spiro atoms. The highest BCUT2D eigenvalue weighted by molar-refractivity contribution is 9.10. The molecule has 0 saturated carbocycles. The van der Waals surface area contributed by atoms with Crippen LogP contribution in [-0.4, -0.2) is 72.6 Å². The number of benzene rings is 5. The van der Waals surface area contributed by atoms with Gasteiger partial charge in [-0.2, -0.15) is 4.31 Å². The van der Waals surface area contributed by atoms with E-state index in [0.717, 1.165) is 26.7 Å². The van der Waals surface area contributed by atoms with Crippen molar-refractivity contribution in [3.8, 4) is 0 Å². The maximum atomic E-state index is 14.4. The summed E-state index contributed by atoms with van der Waals surface area (Å²) in [5.74, 6) is -0.232. The van der Waals surface area contributed by atoms with Crippen LogP contribution in [0, 0.1) is 10.1 Å². The average molecular weight is 809 g/mol. The van der Waals surface area contributed by atoms with Gasteiger partial charge in [-0.05, 0) is 46.0 Å². The third kappa shape index (κ3) is 7.88. The van der Waals surface area contributed by atoms with Gasteiger partial charge in [0.2, 0.25) is 10.0 Å². The molecule has 5 aromatic carbocycles. The smallest absolute Gasteiger partial charge is 0.289 e. The van der Waals surface area contributed by atoms with E-state index in [-0.39, 0.29) is 37.2 Å². The molecule has 0 aliphatic carbocycles. The van der Waals surface area contributed by atoms with Crippen LogP contribution in [0.4, 0.5) is 5.69 Å². The number of aliphatic hydroxyl groups is 1. The van der Waals surface area contributed by atoms with E-state index in [0.29, 0.717) is 6.54 Å². The Labute approximate surface area is 325 Å². The van der Waals surface area contributed by atoms with Crippen molar-refractivity contribution < 1.29 is 23.2 Å². The molecule has 9 nitrogen and oxygen atoms in total. The van der Waals surface area contributed by atoms with Gasteiger partial charge in [0.15, 0.2) is 4.90 Å². The fourth-order valence-corrected chi connectivity index (χ4v) is 9.38. The number of nitro groups is 1. The number of nitrogens with zero attached hydrogens (tertiary/aromatic N) is 3. The monoisotopic (exact) mass is 807 g/mol. The number of rotatable bonds is 17. The van der Waals surface area contributed by atoms with E-state index in [9.17, 15) is 23.6 Å². The lowest BCUT2D eigenvalue weighted by molar-refractivity contribution is -0.387. The summed E-state index contributed by atoms with van der Waals surface area (Å²) in [7, 11) is -4.44. The lowest BCUT2D eigenvalue weighted by atomic mass is 9.74. The zero-order chi connectivity index (χ0) is 38.3. The zero-order valence-corrected chi connectivity index (χ0v) is 32.1. The van der Waals surface area contributed by atoms with Gasteiger partial charge in [0.25, 0.3) is 5.69 Å². The highest BCUT2D eigenvalue weighted by atomic mass is 79.9. The summed E-state index contributed by atoms with van der Waals surface area (Å²) in [6.45, 7) is 7.88. The summed E-state index contributed by atoms with van der Waals surface area (Å²) in [4.78, 5) is 13.0. The first-order valence-corrected chi connectivity index (χ1v) is 19.8. The molecule has 1 N–H and O–H groups in total. The first kappa shape index (κ1) is 39.0. The normalized spacial score (nSPS) is 17.5. The number of likely N-dealkylation sites (tertiary alicyclic amines) is 1. The second-order valence-electron chi connectivity index (χ2n) is 13.2. The number of aliphatic hydroxyl groups excluding tert-OH is 1. The maximum absolute atomic E-state index is 14.4. The summed E-state index contributed by atoms with van der Waals surface area (Å²) in [5, 5.41) is 21.9. The maximum Gasteiger partial charge on any atom is 0.289 e.